The zero-order valence-electron chi connectivity index (χ0n) is 17.4. The van der Waals surface area contributed by atoms with Crippen LogP contribution in [0.3, 0.4) is 0 Å². The van der Waals surface area contributed by atoms with Gasteiger partial charge in [-0.25, -0.2) is 0 Å². The van der Waals surface area contributed by atoms with E-state index in [-0.39, 0.29) is 24.8 Å². The molecule has 0 fully saturated rings. The maximum Gasteiger partial charge on any atom is -0.147 e. The van der Waals surface area contributed by atoms with Crippen molar-refractivity contribution in [2.24, 2.45) is 0 Å². The monoisotopic (exact) mass is 634 g/mol. The zero-order chi connectivity index (χ0) is 19.3. The minimum Gasteiger partial charge on any atom is -0.147 e. The van der Waals surface area contributed by atoms with Gasteiger partial charge in [0.05, 0.1) is 0 Å². The number of allylic oxidation sites excluding steroid dienone is 10. The molecule has 0 bridgehead atoms. The van der Waals surface area contributed by atoms with Gasteiger partial charge in [0.1, 0.15) is 0 Å². The van der Waals surface area contributed by atoms with E-state index in [1.165, 1.54) is 24.3 Å². The van der Waals surface area contributed by atoms with Gasteiger partial charge in [-0.15, -0.1) is 24.8 Å². The van der Waals surface area contributed by atoms with E-state index in [4.69, 9.17) is 0 Å². The Balaban J connectivity index is 0.00000150. The maximum atomic E-state index is 2.65. The van der Waals surface area contributed by atoms with E-state index < -0.39 is 8.07 Å². The second-order valence-electron chi connectivity index (χ2n) is 7.83. The Morgan fingerprint density at radius 1 is 0.759 bits per heavy atom. The Morgan fingerprint density at radius 2 is 1.14 bits per heavy atom. The summed E-state index contributed by atoms with van der Waals surface area (Å²) in [7, 11) is -0.962. The molecule has 0 radical (unpaired) electrons. The second kappa shape index (κ2) is 10.6. The molecule has 0 aromatic rings. The second-order valence-corrected chi connectivity index (χ2v) is 20.4. The molecular weight excluding hydrogens is 610 g/mol. The Bertz CT molecular complexity index is 914. The topological polar surface area (TPSA) is 0 Å². The number of rotatable bonds is 6. The summed E-state index contributed by atoms with van der Waals surface area (Å²) < 4.78 is 3.61. The van der Waals surface area contributed by atoms with Crippen molar-refractivity contribution in [1.29, 1.82) is 0 Å². The Hall–Kier alpha value is 1.44. The standard InChI is InChI=1S/C22H26S2Si.2ClH.2Zr/c1-5-13-23-15-21(17-9-7-11-19(17)23)25(3,4)22-16-24(14-6-2)20-12-8-10-18(20)22;;;;/h7-12H,5-6,13-14H2,1-4H3;2*1H;;. The summed E-state index contributed by atoms with van der Waals surface area (Å²) >= 11 is 3.31. The molecular formula is C22H28Cl2S2SiZr2. The fourth-order valence-corrected chi connectivity index (χ4v) is 22.8. The van der Waals surface area contributed by atoms with E-state index >= 15 is 0 Å². The van der Waals surface area contributed by atoms with Crippen LogP contribution < -0.4 is 0 Å². The first kappa shape index (κ1) is 26.7. The fraction of sp³-hybridized carbons (Fsp3) is 0.364. The Kier molecular flexibility index (Phi) is 9.74. The summed E-state index contributed by atoms with van der Waals surface area (Å²) in [5, 5.41) is 3.61. The van der Waals surface area contributed by atoms with Gasteiger partial charge in [0.2, 0.25) is 0 Å². The molecule has 2 unspecified atom stereocenters. The van der Waals surface area contributed by atoms with Crippen LogP contribution in [0.15, 0.2) is 67.8 Å². The van der Waals surface area contributed by atoms with Crippen molar-refractivity contribution in [2.45, 2.75) is 39.8 Å². The number of halogens is 2. The minimum absolute atomic E-state index is 0. The minimum atomic E-state index is -1.72. The summed E-state index contributed by atoms with van der Waals surface area (Å²) in [5.74, 6) is 2.69. The van der Waals surface area contributed by atoms with Crippen molar-refractivity contribution in [1.82, 2.24) is 0 Å². The van der Waals surface area contributed by atoms with Crippen LogP contribution in [0.25, 0.3) is 0 Å². The van der Waals surface area contributed by atoms with Gasteiger partial charge in [0.25, 0.3) is 0 Å². The van der Waals surface area contributed by atoms with Crippen LogP contribution in [-0.2, 0) is 49.4 Å². The SMILES string of the molecule is CCCS1=[C]([Zr])C([Si](C)(C)C2=C3C=CC=C3S(CCC)=[C]2[Zr])=C2C=CC=C21.Cl.Cl. The van der Waals surface area contributed by atoms with Crippen molar-refractivity contribution < 1.29 is 49.4 Å². The van der Waals surface area contributed by atoms with Gasteiger partial charge in [0.15, 0.2) is 0 Å². The number of fused-ring (bicyclic) bond motifs is 2. The molecule has 0 saturated carbocycles. The molecule has 0 aromatic carbocycles. The summed E-state index contributed by atoms with van der Waals surface area (Å²) in [5.41, 5.74) is 3.25. The molecule has 29 heavy (non-hydrogen) atoms. The van der Waals surface area contributed by atoms with Crippen LogP contribution >= 0.6 is 45.8 Å². The molecule has 0 spiro atoms. The van der Waals surface area contributed by atoms with Gasteiger partial charge >= 0.3 is 203 Å². The molecule has 2 atom stereocenters. The molecule has 0 nitrogen and oxygen atoms in total. The van der Waals surface area contributed by atoms with E-state index in [2.05, 4.69) is 63.4 Å². The predicted molar refractivity (Wildman–Crippen MR) is 136 cm³/mol. The van der Waals surface area contributed by atoms with Gasteiger partial charge in [-0.1, -0.05) is 0 Å². The molecule has 7 heteroatoms. The first-order chi connectivity index (χ1) is 12.9. The summed E-state index contributed by atoms with van der Waals surface area (Å²) in [6.45, 7) is 9.99. The first-order valence-corrected chi connectivity index (χ1v) is 18.0. The smallest absolute Gasteiger partial charge is 0.147 e. The third-order valence-electron chi connectivity index (χ3n) is 5.63. The molecule has 4 rings (SSSR count). The predicted octanol–water partition coefficient (Wildman–Crippen LogP) is 6.86. The van der Waals surface area contributed by atoms with E-state index in [0.717, 1.165) is 0 Å². The molecule has 0 saturated heterocycles. The molecule has 154 valence electrons. The molecule has 2 aliphatic carbocycles. The summed E-state index contributed by atoms with van der Waals surface area (Å²) in [6, 6.07) is 0. The van der Waals surface area contributed by atoms with Crippen molar-refractivity contribution >= 4 is 59.0 Å². The third-order valence-corrected chi connectivity index (χ3v) is 20.4. The van der Waals surface area contributed by atoms with Crippen molar-refractivity contribution in [2.75, 3.05) is 11.5 Å². The molecule has 2 aliphatic heterocycles. The van der Waals surface area contributed by atoms with Gasteiger partial charge in [-0.05, 0) is 0 Å². The third kappa shape index (κ3) is 4.34. The fourth-order valence-electron chi connectivity index (χ4n) is 4.56. The van der Waals surface area contributed by atoms with Crippen LogP contribution in [0.5, 0.6) is 0 Å². The quantitative estimate of drug-likeness (QED) is 0.221. The van der Waals surface area contributed by atoms with Crippen molar-refractivity contribution in [3.05, 3.63) is 67.8 Å². The van der Waals surface area contributed by atoms with Crippen LogP contribution in [0.4, 0.5) is 0 Å². The van der Waals surface area contributed by atoms with Gasteiger partial charge in [-0.3, -0.25) is 0 Å². The van der Waals surface area contributed by atoms with Gasteiger partial charge in [0, 0.05) is 0 Å². The van der Waals surface area contributed by atoms with Crippen LogP contribution in [0.1, 0.15) is 26.7 Å². The van der Waals surface area contributed by atoms with Gasteiger partial charge in [-0.2, -0.15) is 0 Å². The number of hydrogen-bond acceptors (Lipinski definition) is 0. The van der Waals surface area contributed by atoms with E-state index in [0.29, 0.717) is 21.0 Å². The molecule has 4 aliphatic rings. The Morgan fingerprint density at radius 3 is 1.48 bits per heavy atom. The average Bonchev–Trinajstić information content (AvgIpc) is 3.34. The van der Waals surface area contributed by atoms with Gasteiger partial charge < -0.3 is 0 Å². The molecule has 0 N–H and O–H groups in total. The van der Waals surface area contributed by atoms with Crippen molar-refractivity contribution in [3.63, 3.8) is 0 Å². The summed E-state index contributed by atoms with van der Waals surface area (Å²) in [6.07, 6.45) is 16.9. The summed E-state index contributed by atoms with van der Waals surface area (Å²) in [4.78, 5) is 3.33. The van der Waals surface area contributed by atoms with Crippen LogP contribution in [0.2, 0.25) is 13.1 Å². The number of hydrogen-bond donors (Lipinski definition) is 0. The zero-order valence-corrected chi connectivity index (χ0v) is 26.6. The van der Waals surface area contributed by atoms with Crippen LogP contribution in [-0.4, -0.2) is 24.7 Å². The normalized spacial score (nSPS) is 24.5. The van der Waals surface area contributed by atoms with E-state index in [9.17, 15) is 0 Å². The largest absolute Gasteiger partial charge is 0.147 e. The Labute approximate surface area is 224 Å². The van der Waals surface area contributed by atoms with Crippen molar-refractivity contribution in [3.8, 4) is 0 Å². The van der Waals surface area contributed by atoms with Crippen LogP contribution in [0, 0.1) is 0 Å². The molecule has 0 aromatic heterocycles. The first-order valence-electron chi connectivity index (χ1n) is 9.80. The average molecular weight is 638 g/mol. The van der Waals surface area contributed by atoms with E-state index in [1.54, 1.807) is 85.9 Å². The molecule has 0 amide bonds. The molecule has 2 heterocycles. The maximum absolute atomic E-state index is 2.65. The van der Waals surface area contributed by atoms with E-state index in [1.807, 2.05) is 0 Å².